The molecule has 19 heavy (non-hydrogen) atoms. The Morgan fingerprint density at radius 2 is 2.11 bits per heavy atom. The normalized spacial score (nSPS) is 11.0. The fourth-order valence-corrected chi connectivity index (χ4v) is 1.61. The summed E-state index contributed by atoms with van der Waals surface area (Å²) in [5.74, 6) is 0.761. The number of nitrogens with one attached hydrogen (secondary N) is 1. The number of rotatable bonds is 8. The molecule has 0 fully saturated rings. The van der Waals surface area contributed by atoms with Crippen LogP contribution in [-0.2, 0) is 0 Å². The highest BCUT2D eigenvalue weighted by molar-refractivity contribution is 7.80. The Morgan fingerprint density at radius 1 is 1.37 bits per heavy atom. The molecular formula is C13H23N5S. The number of nitrogens with zero attached hydrogens (tertiary/aromatic N) is 3. The van der Waals surface area contributed by atoms with E-state index >= 15 is 0 Å². The summed E-state index contributed by atoms with van der Waals surface area (Å²) < 4.78 is 0. The largest absolute Gasteiger partial charge is 0.388 e. The minimum absolute atomic E-state index is 0.274. The molecule has 0 saturated carbocycles. The van der Waals surface area contributed by atoms with Gasteiger partial charge in [-0.2, -0.15) is 0 Å². The molecule has 1 aromatic heterocycles. The summed E-state index contributed by atoms with van der Waals surface area (Å²) >= 11 is 4.82. The van der Waals surface area contributed by atoms with Gasteiger partial charge in [-0.15, -0.1) is 0 Å². The Kier molecular flexibility index (Phi) is 6.66. The van der Waals surface area contributed by atoms with E-state index in [2.05, 4.69) is 41.1 Å². The average Bonchev–Trinajstić information content (AvgIpc) is 2.38. The van der Waals surface area contributed by atoms with Crippen LogP contribution in [-0.4, -0.2) is 46.0 Å². The number of thiocarbonyl (C=S) groups is 1. The monoisotopic (exact) mass is 281 g/mol. The van der Waals surface area contributed by atoms with Crippen LogP contribution >= 0.6 is 12.2 Å². The number of hydrogen-bond donors (Lipinski definition) is 2. The summed E-state index contributed by atoms with van der Waals surface area (Å²) in [7, 11) is 2.15. The van der Waals surface area contributed by atoms with Crippen LogP contribution in [0.25, 0.3) is 0 Å². The van der Waals surface area contributed by atoms with Gasteiger partial charge in [-0.1, -0.05) is 12.2 Å². The van der Waals surface area contributed by atoms with E-state index in [1.54, 1.807) is 12.4 Å². The summed E-state index contributed by atoms with van der Waals surface area (Å²) in [6, 6.07) is 0.603. The first-order valence-electron chi connectivity index (χ1n) is 6.56. The molecule has 1 heterocycles. The molecule has 6 heteroatoms. The van der Waals surface area contributed by atoms with Crippen LogP contribution in [0.4, 0.5) is 5.82 Å². The Balaban J connectivity index is 2.21. The second kappa shape index (κ2) is 8.01. The molecule has 0 aliphatic rings. The molecule has 0 unspecified atom stereocenters. The molecule has 1 rings (SSSR count). The first-order chi connectivity index (χ1) is 9.00. The van der Waals surface area contributed by atoms with Crippen molar-refractivity contribution in [1.29, 1.82) is 0 Å². The van der Waals surface area contributed by atoms with E-state index in [-0.39, 0.29) is 4.99 Å². The van der Waals surface area contributed by atoms with Gasteiger partial charge in [0.1, 0.15) is 16.5 Å². The molecule has 1 aromatic rings. The maximum Gasteiger partial charge on any atom is 0.144 e. The lowest BCUT2D eigenvalue weighted by Gasteiger charge is -2.20. The molecule has 0 aromatic carbocycles. The number of anilines is 1. The average molecular weight is 281 g/mol. The van der Waals surface area contributed by atoms with Crippen LogP contribution in [0.1, 0.15) is 32.4 Å². The van der Waals surface area contributed by atoms with Crippen molar-refractivity contribution in [3.8, 4) is 0 Å². The second-order valence-electron chi connectivity index (χ2n) is 4.86. The minimum atomic E-state index is 0.274. The van der Waals surface area contributed by atoms with Crippen LogP contribution in [0, 0.1) is 0 Å². The quantitative estimate of drug-likeness (QED) is 0.558. The highest BCUT2D eigenvalue weighted by Gasteiger charge is 2.02. The van der Waals surface area contributed by atoms with Gasteiger partial charge in [-0.3, -0.25) is 0 Å². The van der Waals surface area contributed by atoms with Gasteiger partial charge in [-0.05, 0) is 40.3 Å². The fraction of sp³-hybridized carbons (Fsp3) is 0.615. The maximum absolute atomic E-state index is 5.46. The van der Waals surface area contributed by atoms with Crippen LogP contribution in [0.5, 0.6) is 0 Å². The van der Waals surface area contributed by atoms with Gasteiger partial charge >= 0.3 is 0 Å². The zero-order chi connectivity index (χ0) is 14.3. The summed E-state index contributed by atoms with van der Waals surface area (Å²) in [5.41, 5.74) is 6.01. The SMILES string of the molecule is CC(C)N(C)CCCCNc1cnc(C(N)=S)cn1. The number of nitrogens with two attached hydrogens (primary N) is 1. The highest BCUT2D eigenvalue weighted by atomic mass is 32.1. The lowest BCUT2D eigenvalue weighted by molar-refractivity contribution is 0.269. The molecule has 106 valence electrons. The van der Waals surface area contributed by atoms with Crippen LogP contribution < -0.4 is 11.1 Å². The summed E-state index contributed by atoms with van der Waals surface area (Å²) in [4.78, 5) is 11.0. The molecule has 0 atom stereocenters. The van der Waals surface area contributed by atoms with E-state index in [4.69, 9.17) is 18.0 Å². The van der Waals surface area contributed by atoms with Crippen LogP contribution in [0.15, 0.2) is 12.4 Å². The molecule has 0 saturated heterocycles. The second-order valence-corrected chi connectivity index (χ2v) is 5.30. The lowest BCUT2D eigenvalue weighted by Crippen LogP contribution is -2.27. The molecule has 0 spiro atoms. The van der Waals surface area contributed by atoms with Crippen molar-refractivity contribution < 1.29 is 0 Å². The van der Waals surface area contributed by atoms with E-state index in [0.717, 1.165) is 25.3 Å². The van der Waals surface area contributed by atoms with Gasteiger partial charge in [0.25, 0.3) is 0 Å². The van der Waals surface area contributed by atoms with Gasteiger partial charge in [0.05, 0.1) is 12.4 Å². The molecular weight excluding hydrogens is 258 g/mol. The topological polar surface area (TPSA) is 67.1 Å². The summed E-state index contributed by atoms with van der Waals surface area (Å²) in [6.45, 7) is 6.42. The Labute approximate surface area is 120 Å². The Morgan fingerprint density at radius 3 is 2.63 bits per heavy atom. The molecule has 0 bridgehead atoms. The van der Waals surface area contributed by atoms with Gasteiger partial charge < -0.3 is 16.0 Å². The molecule has 0 aliphatic heterocycles. The van der Waals surface area contributed by atoms with Crippen molar-refractivity contribution >= 4 is 23.0 Å². The fourth-order valence-electron chi connectivity index (χ4n) is 1.51. The van der Waals surface area contributed by atoms with Gasteiger partial charge in [-0.25, -0.2) is 9.97 Å². The standard InChI is InChI=1S/C13H23N5S/c1-10(2)18(3)7-5-4-6-15-12-9-16-11(8-17-12)13(14)19/h8-10H,4-7H2,1-3H3,(H2,14,19)(H,15,17). The zero-order valence-electron chi connectivity index (χ0n) is 11.9. The third-order valence-electron chi connectivity index (χ3n) is 3.03. The van der Waals surface area contributed by atoms with Gasteiger partial charge in [0.15, 0.2) is 0 Å². The number of aromatic nitrogens is 2. The van der Waals surface area contributed by atoms with Crippen LogP contribution in [0.2, 0.25) is 0 Å². The summed E-state index contributed by atoms with van der Waals surface area (Å²) in [6.07, 6.45) is 5.53. The minimum Gasteiger partial charge on any atom is -0.388 e. The number of hydrogen-bond acceptors (Lipinski definition) is 5. The highest BCUT2D eigenvalue weighted by Crippen LogP contribution is 2.03. The molecule has 0 aliphatic carbocycles. The van der Waals surface area contributed by atoms with Gasteiger partial charge in [0, 0.05) is 12.6 Å². The smallest absolute Gasteiger partial charge is 0.144 e. The Hall–Kier alpha value is -1.27. The van der Waals surface area contributed by atoms with E-state index in [1.165, 1.54) is 6.42 Å². The lowest BCUT2D eigenvalue weighted by atomic mass is 10.2. The van der Waals surface area contributed by atoms with Gasteiger partial charge in [0.2, 0.25) is 0 Å². The third-order valence-corrected chi connectivity index (χ3v) is 3.24. The van der Waals surface area contributed by atoms with E-state index in [1.807, 2.05) is 0 Å². The molecule has 3 N–H and O–H groups in total. The van der Waals surface area contributed by atoms with Crippen molar-refractivity contribution in [2.75, 3.05) is 25.5 Å². The van der Waals surface area contributed by atoms with E-state index in [0.29, 0.717) is 11.7 Å². The third kappa shape index (κ3) is 5.94. The van der Waals surface area contributed by atoms with E-state index < -0.39 is 0 Å². The first kappa shape index (κ1) is 15.8. The molecule has 0 radical (unpaired) electrons. The zero-order valence-corrected chi connectivity index (χ0v) is 12.7. The van der Waals surface area contributed by atoms with Crippen molar-refractivity contribution in [2.24, 2.45) is 5.73 Å². The first-order valence-corrected chi connectivity index (χ1v) is 6.97. The predicted octanol–water partition coefficient (Wildman–Crippen LogP) is 1.64. The predicted molar refractivity (Wildman–Crippen MR) is 83.4 cm³/mol. The molecule has 5 nitrogen and oxygen atoms in total. The molecule has 0 amide bonds. The van der Waals surface area contributed by atoms with Crippen molar-refractivity contribution in [1.82, 2.24) is 14.9 Å². The Bertz CT molecular complexity index is 391. The van der Waals surface area contributed by atoms with E-state index in [9.17, 15) is 0 Å². The van der Waals surface area contributed by atoms with Crippen molar-refractivity contribution in [3.05, 3.63) is 18.1 Å². The van der Waals surface area contributed by atoms with Crippen molar-refractivity contribution in [3.63, 3.8) is 0 Å². The van der Waals surface area contributed by atoms with Crippen molar-refractivity contribution in [2.45, 2.75) is 32.7 Å². The maximum atomic E-state index is 5.46. The summed E-state index contributed by atoms with van der Waals surface area (Å²) in [5, 5.41) is 3.24. The number of unbranched alkanes of at least 4 members (excludes halogenated alkanes) is 1. The van der Waals surface area contributed by atoms with Crippen LogP contribution in [0.3, 0.4) is 0 Å².